The Hall–Kier alpha value is -2.90. The highest BCUT2D eigenvalue weighted by Gasteiger charge is 2.24. The number of rotatable bonds is 4. The van der Waals surface area contributed by atoms with E-state index in [4.69, 9.17) is 4.74 Å². The van der Waals surface area contributed by atoms with E-state index in [1.54, 1.807) is 19.1 Å². The molecule has 0 spiro atoms. The first kappa shape index (κ1) is 14.5. The van der Waals surface area contributed by atoms with Crippen molar-refractivity contribution in [3.05, 3.63) is 51.8 Å². The van der Waals surface area contributed by atoms with Gasteiger partial charge in [0.1, 0.15) is 6.61 Å². The lowest BCUT2D eigenvalue weighted by atomic mass is 10.2. The Bertz CT molecular complexity index is 666. The number of benzene rings is 1. The van der Waals surface area contributed by atoms with E-state index < -0.39 is 11.0 Å². The van der Waals surface area contributed by atoms with Crippen molar-refractivity contribution in [1.82, 2.24) is 9.55 Å². The van der Waals surface area contributed by atoms with Crippen molar-refractivity contribution < 1.29 is 14.5 Å². The van der Waals surface area contributed by atoms with Crippen LogP contribution in [-0.2, 0) is 18.4 Å². The summed E-state index contributed by atoms with van der Waals surface area (Å²) in [5.41, 5.74) is 0.819. The summed E-state index contributed by atoms with van der Waals surface area (Å²) in [4.78, 5) is 26.0. The summed E-state index contributed by atoms with van der Waals surface area (Å²) in [7, 11) is 1.50. The molecule has 21 heavy (non-hydrogen) atoms. The summed E-state index contributed by atoms with van der Waals surface area (Å²) in [5, 5.41) is 13.3. The molecular weight excluding hydrogens is 276 g/mol. The van der Waals surface area contributed by atoms with Gasteiger partial charge in [-0.25, -0.2) is 9.36 Å². The van der Waals surface area contributed by atoms with Gasteiger partial charge in [0.05, 0.1) is 7.05 Å². The number of nitrogens with one attached hydrogen (secondary N) is 1. The molecule has 0 atom stereocenters. The Morgan fingerprint density at radius 2 is 2.10 bits per heavy atom. The molecule has 1 heterocycles. The second-order valence-corrected chi connectivity index (χ2v) is 4.33. The minimum atomic E-state index is -0.792. The van der Waals surface area contributed by atoms with Gasteiger partial charge in [-0.15, -0.1) is 0 Å². The zero-order valence-electron chi connectivity index (χ0n) is 11.6. The summed E-state index contributed by atoms with van der Waals surface area (Å²) < 4.78 is 6.28. The number of nitro groups is 1. The van der Waals surface area contributed by atoms with Gasteiger partial charge in [0.25, 0.3) is 0 Å². The number of aromatic nitrogens is 2. The van der Waals surface area contributed by atoms with Crippen LogP contribution >= 0.6 is 0 Å². The predicted octanol–water partition coefficient (Wildman–Crippen LogP) is 2.39. The van der Waals surface area contributed by atoms with Crippen molar-refractivity contribution >= 4 is 17.7 Å². The summed E-state index contributed by atoms with van der Waals surface area (Å²) in [5.74, 6) is 0.00211. The summed E-state index contributed by atoms with van der Waals surface area (Å²) in [6.07, 6.45) is -0.792. The SMILES string of the molecule is Cc1nc(NC(=O)OCc2ccccc2)c([N+](=O)[O-])n1C. The zero-order valence-corrected chi connectivity index (χ0v) is 11.6. The lowest BCUT2D eigenvalue weighted by Crippen LogP contribution is -2.15. The first-order valence-electron chi connectivity index (χ1n) is 6.14. The largest absolute Gasteiger partial charge is 0.444 e. The van der Waals surface area contributed by atoms with Crippen molar-refractivity contribution in [2.75, 3.05) is 5.32 Å². The average molecular weight is 290 g/mol. The number of carbonyl (C=O) groups excluding carboxylic acids is 1. The molecule has 0 saturated carbocycles. The number of aryl methyl sites for hydroxylation is 1. The van der Waals surface area contributed by atoms with E-state index in [0.29, 0.717) is 5.82 Å². The molecule has 0 aliphatic heterocycles. The molecule has 0 bridgehead atoms. The minimum Gasteiger partial charge on any atom is -0.444 e. The molecule has 8 heteroatoms. The number of anilines is 1. The Kier molecular flexibility index (Phi) is 4.17. The minimum absolute atomic E-state index is 0.0757. The smallest absolute Gasteiger partial charge is 0.413 e. The standard InChI is InChI=1S/C13H14N4O4/c1-9-14-11(12(16(9)2)17(19)20)15-13(18)21-8-10-6-4-3-5-7-10/h3-7H,8H2,1-2H3,(H,15,18). The van der Waals surface area contributed by atoms with Crippen LogP contribution in [0.25, 0.3) is 0 Å². The highest BCUT2D eigenvalue weighted by Crippen LogP contribution is 2.24. The van der Waals surface area contributed by atoms with Gasteiger partial charge in [-0.2, -0.15) is 4.98 Å². The van der Waals surface area contributed by atoms with E-state index in [9.17, 15) is 14.9 Å². The lowest BCUT2D eigenvalue weighted by molar-refractivity contribution is -0.390. The van der Waals surface area contributed by atoms with Gasteiger partial charge in [-0.3, -0.25) is 5.32 Å². The van der Waals surface area contributed by atoms with E-state index in [1.165, 1.54) is 11.6 Å². The van der Waals surface area contributed by atoms with Gasteiger partial charge < -0.3 is 14.9 Å². The Morgan fingerprint density at radius 1 is 1.43 bits per heavy atom. The van der Waals surface area contributed by atoms with Crippen LogP contribution in [0, 0.1) is 17.0 Å². The lowest BCUT2D eigenvalue weighted by Gasteiger charge is -2.05. The number of nitrogens with zero attached hydrogens (tertiary/aromatic N) is 3. The molecule has 1 amide bonds. The average Bonchev–Trinajstić information content (AvgIpc) is 2.72. The third kappa shape index (κ3) is 3.35. The maximum Gasteiger partial charge on any atom is 0.413 e. The van der Waals surface area contributed by atoms with E-state index in [0.717, 1.165) is 5.56 Å². The fourth-order valence-corrected chi connectivity index (χ4v) is 1.75. The van der Waals surface area contributed by atoms with E-state index in [1.807, 2.05) is 18.2 Å². The topological polar surface area (TPSA) is 99.3 Å². The molecule has 1 N–H and O–H groups in total. The van der Waals surface area contributed by atoms with Crippen LogP contribution < -0.4 is 5.32 Å². The molecular formula is C13H14N4O4. The van der Waals surface area contributed by atoms with Crippen LogP contribution in [0.2, 0.25) is 0 Å². The van der Waals surface area contributed by atoms with Crippen molar-refractivity contribution in [2.24, 2.45) is 7.05 Å². The number of carbonyl (C=O) groups is 1. The first-order valence-corrected chi connectivity index (χ1v) is 6.14. The van der Waals surface area contributed by atoms with Crippen LogP contribution in [-0.4, -0.2) is 20.6 Å². The van der Waals surface area contributed by atoms with Gasteiger partial charge in [-0.1, -0.05) is 30.3 Å². The van der Waals surface area contributed by atoms with Crippen molar-refractivity contribution in [2.45, 2.75) is 13.5 Å². The first-order chi connectivity index (χ1) is 9.99. The van der Waals surface area contributed by atoms with Crippen LogP contribution in [0.5, 0.6) is 0 Å². The number of imidazole rings is 1. The second-order valence-electron chi connectivity index (χ2n) is 4.33. The van der Waals surface area contributed by atoms with Crippen LogP contribution in [0.1, 0.15) is 11.4 Å². The van der Waals surface area contributed by atoms with Crippen molar-refractivity contribution in [3.8, 4) is 0 Å². The van der Waals surface area contributed by atoms with E-state index in [-0.39, 0.29) is 18.2 Å². The van der Waals surface area contributed by atoms with E-state index >= 15 is 0 Å². The monoisotopic (exact) mass is 290 g/mol. The maximum absolute atomic E-state index is 11.7. The molecule has 0 unspecified atom stereocenters. The highest BCUT2D eigenvalue weighted by atomic mass is 16.6. The summed E-state index contributed by atoms with van der Waals surface area (Å²) in [6, 6.07) is 9.11. The van der Waals surface area contributed by atoms with Crippen LogP contribution in [0.4, 0.5) is 16.4 Å². The molecule has 1 aromatic carbocycles. The highest BCUT2D eigenvalue weighted by molar-refractivity contribution is 5.85. The summed E-state index contributed by atoms with van der Waals surface area (Å²) >= 11 is 0. The normalized spacial score (nSPS) is 10.2. The molecule has 0 saturated heterocycles. The van der Waals surface area contributed by atoms with Gasteiger partial charge in [0, 0.05) is 6.92 Å². The van der Waals surface area contributed by atoms with Crippen molar-refractivity contribution in [3.63, 3.8) is 0 Å². The Balaban J connectivity index is 2.03. The molecule has 2 rings (SSSR count). The molecule has 0 aliphatic carbocycles. The number of hydrogen-bond acceptors (Lipinski definition) is 5. The Labute approximate surface area is 120 Å². The van der Waals surface area contributed by atoms with Crippen LogP contribution in [0.15, 0.2) is 30.3 Å². The molecule has 8 nitrogen and oxygen atoms in total. The van der Waals surface area contributed by atoms with Gasteiger partial charge in [-0.05, 0) is 10.5 Å². The number of ether oxygens (including phenoxy) is 1. The van der Waals surface area contributed by atoms with Gasteiger partial charge in [0.2, 0.25) is 5.82 Å². The predicted molar refractivity (Wildman–Crippen MR) is 74.8 cm³/mol. The van der Waals surface area contributed by atoms with Crippen LogP contribution in [0.3, 0.4) is 0 Å². The Morgan fingerprint density at radius 3 is 2.71 bits per heavy atom. The number of hydrogen-bond donors (Lipinski definition) is 1. The fourth-order valence-electron chi connectivity index (χ4n) is 1.75. The second kappa shape index (κ2) is 6.04. The van der Waals surface area contributed by atoms with Gasteiger partial charge in [0.15, 0.2) is 5.82 Å². The molecule has 0 fully saturated rings. The number of amides is 1. The quantitative estimate of drug-likeness (QED) is 0.688. The fraction of sp³-hybridized carbons (Fsp3) is 0.231. The molecule has 110 valence electrons. The molecule has 0 aliphatic rings. The summed E-state index contributed by atoms with van der Waals surface area (Å²) in [6.45, 7) is 1.68. The molecule has 0 radical (unpaired) electrons. The third-order valence-corrected chi connectivity index (χ3v) is 2.89. The molecule has 1 aromatic heterocycles. The molecule has 2 aromatic rings. The third-order valence-electron chi connectivity index (χ3n) is 2.89. The van der Waals surface area contributed by atoms with Gasteiger partial charge >= 0.3 is 11.9 Å². The zero-order chi connectivity index (χ0) is 15.4. The van der Waals surface area contributed by atoms with Crippen molar-refractivity contribution in [1.29, 1.82) is 0 Å². The maximum atomic E-state index is 11.7. The van der Waals surface area contributed by atoms with E-state index in [2.05, 4.69) is 10.3 Å².